The number of pyridine rings is 1. The van der Waals surface area contributed by atoms with E-state index in [1.807, 2.05) is 54.6 Å². The van der Waals surface area contributed by atoms with Crippen LogP contribution in [0.5, 0.6) is 11.5 Å². The largest absolute Gasteiger partial charge is 0.493 e. The van der Waals surface area contributed by atoms with Crippen molar-refractivity contribution in [2.45, 2.75) is 31.8 Å². The van der Waals surface area contributed by atoms with E-state index < -0.39 is 5.97 Å². The summed E-state index contributed by atoms with van der Waals surface area (Å²) in [6, 6.07) is 16.9. The van der Waals surface area contributed by atoms with Gasteiger partial charge in [0.2, 0.25) is 0 Å². The molecule has 1 aromatic heterocycles. The number of para-hydroxylation sites is 3. The van der Waals surface area contributed by atoms with Crippen LogP contribution in [0.15, 0.2) is 71.9 Å². The van der Waals surface area contributed by atoms with Crippen LogP contribution < -0.4 is 14.8 Å². The number of benzene rings is 2. The van der Waals surface area contributed by atoms with Gasteiger partial charge in [-0.25, -0.2) is 9.78 Å². The van der Waals surface area contributed by atoms with E-state index in [2.05, 4.69) is 15.3 Å². The third-order valence-electron chi connectivity index (χ3n) is 5.74. The van der Waals surface area contributed by atoms with Gasteiger partial charge < -0.3 is 19.5 Å². The van der Waals surface area contributed by atoms with Crippen LogP contribution in [0.3, 0.4) is 0 Å². The van der Waals surface area contributed by atoms with Crippen LogP contribution in [0, 0.1) is 0 Å². The van der Waals surface area contributed by atoms with Crippen LogP contribution in [0.2, 0.25) is 0 Å². The number of nitrogens with one attached hydrogen (secondary N) is 1. The zero-order valence-corrected chi connectivity index (χ0v) is 19.9. The minimum absolute atomic E-state index is 0.236. The number of aromatic nitrogens is 1. The summed E-state index contributed by atoms with van der Waals surface area (Å²) in [5.41, 5.74) is 2.89. The second-order valence-electron chi connectivity index (χ2n) is 8.11. The molecule has 180 valence electrons. The molecule has 0 saturated heterocycles. The number of aliphatic imine (C=N–C) groups is 1. The molecule has 0 aliphatic heterocycles. The Morgan fingerprint density at radius 3 is 2.63 bits per heavy atom. The molecule has 2 aromatic carbocycles. The fourth-order valence-electron chi connectivity index (χ4n) is 3.93. The number of nitrogens with zero attached hydrogens (tertiary/aromatic N) is 2. The number of rotatable bonds is 9. The average molecular weight is 472 g/mol. The Morgan fingerprint density at radius 2 is 1.89 bits per heavy atom. The van der Waals surface area contributed by atoms with Gasteiger partial charge >= 0.3 is 5.97 Å². The molecule has 7 nitrogen and oxygen atoms in total. The summed E-state index contributed by atoms with van der Waals surface area (Å²) in [7, 11) is 3.00. The molecule has 0 spiro atoms. The third-order valence-corrected chi connectivity index (χ3v) is 5.74. The van der Waals surface area contributed by atoms with Crippen molar-refractivity contribution in [3.8, 4) is 11.5 Å². The second-order valence-corrected chi connectivity index (χ2v) is 8.11. The van der Waals surface area contributed by atoms with Gasteiger partial charge in [-0.3, -0.25) is 4.99 Å². The van der Waals surface area contributed by atoms with Crippen molar-refractivity contribution in [2.75, 3.05) is 19.5 Å². The summed E-state index contributed by atoms with van der Waals surface area (Å²) in [5, 5.41) is 3.24. The van der Waals surface area contributed by atoms with E-state index in [-0.39, 0.29) is 6.10 Å². The topological polar surface area (TPSA) is 82.0 Å². The van der Waals surface area contributed by atoms with Crippen LogP contribution in [-0.4, -0.2) is 37.5 Å². The molecule has 3 aromatic rings. The van der Waals surface area contributed by atoms with Crippen molar-refractivity contribution in [1.29, 1.82) is 0 Å². The third kappa shape index (κ3) is 6.26. The molecule has 0 unspecified atom stereocenters. The predicted octanol–water partition coefficient (Wildman–Crippen LogP) is 6.36. The van der Waals surface area contributed by atoms with Crippen molar-refractivity contribution in [3.63, 3.8) is 0 Å². The predicted molar refractivity (Wildman–Crippen MR) is 138 cm³/mol. The van der Waals surface area contributed by atoms with Crippen LogP contribution in [0.4, 0.5) is 17.2 Å². The molecule has 4 rings (SSSR count). The molecule has 1 saturated carbocycles. The van der Waals surface area contributed by atoms with E-state index in [0.29, 0.717) is 11.4 Å². The molecular formula is C28H29N3O4. The minimum Gasteiger partial charge on any atom is -0.493 e. The SMILES string of the molecule is COC(=O)c1ccc(Nc2ccccc2N=CC=Cc2cccc(OC)c2OC2CCCC2)nc1. The second kappa shape index (κ2) is 11.8. The van der Waals surface area contributed by atoms with Crippen LogP contribution in [0.1, 0.15) is 41.6 Å². The Hall–Kier alpha value is -4.13. The summed E-state index contributed by atoms with van der Waals surface area (Å²) < 4.78 is 16.5. The molecule has 0 radical (unpaired) electrons. The van der Waals surface area contributed by atoms with E-state index in [1.165, 1.54) is 26.1 Å². The van der Waals surface area contributed by atoms with Gasteiger partial charge in [0.1, 0.15) is 5.82 Å². The lowest BCUT2D eigenvalue weighted by atomic mass is 10.1. The molecule has 0 bridgehead atoms. The summed E-state index contributed by atoms with van der Waals surface area (Å²) >= 11 is 0. The van der Waals surface area contributed by atoms with Gasteiger partial charge in [0.15, 0.2) is 11.5 Å². The van der Waals surface area contributed by atoms with Gasteiger partial charge in [0.05, 0.1) is 37.3 Å². The normalized spacial score (nSPS) is 13.9. The lowest BCUT2D eigenvalue weighted by Gasteiger charge is -2.17. The smallest absolute Gasteiger partial charge is 0.339 e. The highest BCUT2D eigenvalue weighted by Crippen LogP contribution is 2.35. The highest BCUT2D eigenvalue weighted by molar-refractivity contribution is 5.89. The number of hydrogen-bond donors (Lipinski definition) is 1. The number of hydrogen-bond acceptors (Lipinski definition) is 7. The first-order chi connectivity index (χ1) is 17.2. The molecule has 1 N–H and O–H groups in total. The molecule has 1 fully saturated rings. The van der Waals surface area contributed by atoms with Crippen LogP contribution >= 0.6 is 0 Å². The Morgan fingerprint density at radius 1 is 1.06 bits per heavy atom. The molecular weight excluding hydrogens is 442 g/mol. The first-order valence-electron chi connectivity index (χ1n) is 11.6. The van der Waals surface area contributed by atoms with Crippen LogP contribution in [-0.2, 0) is 4.74 Å². The summed E-state index contributed by atoms with van der Waals surface area (Å²) in [4.78, 5) is 20.5. The highest BCUT2D eigenvalue weighted by atomic mass is 16.5. The molecule has 0 amide bonds. The number of ether oxygens (including phenoxy) is 3. The summed E-state index contributed by atoms with van der Waals surface area (Å²) in [6.45, 7) is 0. The summed E-state index contributed by atoms with van der Waals surface area (Å²) in [5.74, 6) is 1.68. The fourth-order valence-corrected chi connectivity index (χ4v) is 3.93. The number of methoxy groups -OCH3 is 2. The maximum atomic E-state index is 11.6. The van der Waals surface area contributed by atoms with Crippen molar-refractivity contribution in [1.82, 2.24) is 4.98 Å². The van der Waals surface area contributed by atoms with Gasteiger partial charge in [-0.1, -0.05) is 24.3 Å². The molecule has 35 heavy (non-hydrogen) atoms. The quantitative estimate of drug-likeness (QED) is 0.289. The van der Waals surface area contributed by atoms with E-state index in [9.17, 15) is 4.79 Å². The van der Waals surface area contributed by atoms with Gasteiger partial charge in [0, 0.05) is 18.0 Å². The Bertz CT molecular complexity index is 1200. The van der Waals surface area contributed by atoms with Gasteiger partial charge in [0.25, 0.3) is 0 Å². The number of carbonyl (C=O) groups is 1. The van der Waals surface area contributed by atoms with Gasteiger partial charge in [-0.15, -0.1) is 0 Å². The van der Waals surface area contributed by atoms with Crippen LogP contribution in [0.25, 0.3) is 6.08 Å². The number of allylic oxidation sites excluding steroid dienone is 1. The van der Waals surface area contributed by atoms with E-state index in [1.54, 1.807) is 25.5 Å². The monoisotopic (exact) mass is 471 g/mol. The maximum absolute atomic E-state index is 11.6. The first kappa shape index (κ1) is 24.0. The maximum Gasteiger partial charge on any atom is 0.339 e. The molecule has 1 aliphatic carbocycles. The van der Waals surface area contributed by atoms with Gasteiger partial charge in [-0.05, 0) is 68.2 Å². The van der Waals surface area contributed by atoms with E-state index >= 15 is 0 Å². The molecule has 1 heterocycles. The zero-order valence-electron chi connectivity index (χ0n) is 19.9. The van der Waals surface area contributed by atoms with E-state index in [0.717, 1.165) is 41.3 Å². The minimum atomic E-state index is -0.423. The lowest BCUT2D eigenvalue weighted by molar-refractivity contribution is 0.0600. The summed E-state index contributed by atoms with van der Waals surface area (Å²) in [6.07, 6.45) is 11.9. The molecule has 7 heteroatoms. The molecule has 1 aliphatic rings. The average Bonchev–Trinajstić information content (AvgIpc) is 3.41. The highest BCUT2D eigenvalue weighted by Gasteiger charge is 2.19. The van der Waals surface area contributed by atoms with Crippen molar-refractivity contribution < 1.29 is 19.0 Å². The Balaban J connectivity index is 1.48. The Labute approximate surface area is 205 Å². The first-order valence-corrected chi connectivity index (χ1v) is 11.6. The number of carbonyl (C=O) groups excluding carboxylic acids is 1. The zero-order chi connectivity index (χ0) is 24.5. The molecule has 0 atom stereocenters. The fraction of sp³-hybridized carbons (Fsp3) is 0.250. The van der Waals surface area contributed by atoms with Crippen molar-refractivity contribution >= 4 is 35.5 Å². The lowest BCUT2D eigenvalue weighted by Crippen LogP contribution is -2.12. The van der Waals surface area contributed by atoms with Crippen molar-refractivity contribution in [2.24, 2.45) is 4.99 Å². The Kier molecular flexibility index (Phi) is 8.12. The van der Waals surface area contributed by atoms with E-state index in [4.69, 9.17) is 14.2 Å². The number of anilines is 2. The number of esters is 1. The standard InChI is InChI=1S/C28H29N3O4/c1-33-25-15-7-9-20(27(25)35-22-11-3-4-12-22)10-8-18-29-23-13-5-6-14-24(23)31-26-17-16-21(19-30-26)28(32)34-2/h5-10,13-19,22H,3-4,11-12H2,1-2H3,(H,30,31). The van der Waals surface area contributed by atoms with Gasteiger partial charge in [-0.2, -0.15) is 0 Å². The van der Waals surface area contributed by atoms with Crippen molar-refractivity contribution in [3.05, 3.63) is 78.0 Å².